The molecule has 2 aliphatic heterocycles. The quantitative estimate of drug-likeness (QED) is 0.829. The summed E-state index contributed by atoms with van der Waals surface area (Å²) >= 11 is 0. The molecule has 0 spiro atoms. The first kappa shape index (κ1) is 15.1. The monoisotopic (exact) mass is 340 g/mol. The van der Waals surface area contributed by atoms with E-state index in [4.69, 9.17) is 0 Å². The molecule has 2 aromatic rings. The van der Waals surface area contributed by atoms with Crippen LogP contribution in [0.3, 0.4) is 0 Å². The number of hydrogen-bond donors (Lipinski definition) is 0. The first-order chi connectivity index (χ1) is 12.2. The van der Waals surface area contributed by atoms with Crippen molar-refractivity contribution in [2.75, 3.05) is 31.1 Å². The third-order valence-electron chi connectivity index (χ3n) is 6.35. The van der Waals surface area contributed by atoms with Gasteiger partial charge in [-0.05, 0) is 38.0 Å². The number of anilines is 1. The van der Waals surface area contributed by atoms with Crippen LogP contribution in [0.2, 0.25) is 0 Å². The Balaban J connectivity index is 1.32. The maximum Gasteiger partial charge on any atom is 0.227 e. The molecule has 1 aliphatic carbocycles. The van der Waals surface area contributed by atoms with Gasteiger partial charge >= 0.3 is 0 Å². The lowest BCUT2D eigenvalue weighted by Gasteiger charge is -2.22. The first-order valence-corrected chi connectivity index (χ1v) is 9.41. The van der Waals surface area contributed by atoms with E-state index in [2.05, 4.69) is 25.0 Å². The lowest BCUT2D eigenvalue weighted by atomic mass is 10.0. The van der Waals surface area contributed by atoms with E-state index in [1.807, 2.05) is 17.5 Å². The summed E-state index contributed by atoms with van der Waals surface area (Å²) in [7, 11) is 0. The molecular weight excluding hydrogens is 316 g/mol. The van der Waals surface area contributed by atoms with Gasteiger partial charge in [-0.25, -0.2) is 4.98 Å². The third kappa shape index (κ3) is 2.40. The summed E-state index contributed by atoms with van der Waals surface area (Å²) in [5.74, 6) is 3.66. The number of amides is 1. The van der Waals surface area contributed by atoms with Crippen LogP contribution >= 0.6 is 0 Å². The number of aryl methyl sites for hydroxylation is 1. The Morgan fingerprint density at radius 2 is 1.92 bits per heavy atom. The molecule has 5 rings (SSSR count). The maximum absolute atomic E-state index is 13.0. The summed E-state index contributed by atoms with van der Waals surface area (Å²) < 4.78 is 1.96. The third-order valence-corrected chi connectivity index (χ3v) is 6.35. The standard InChI is InChI=1S/C18H24N6O/c1-12-20-21-17-16(19-6-8-24(12)17)22-7-5-15(11-22)18(25)23-9-13-3-2-4-14(13)10-23/h6,8,13-15H,2-5,7,9-11H2,1H3. The molecular formula is C18H24N6O. The Hall–Kier alpha value is -2.18. The van der Waals surface area contributed by atoms with Crippen molar-refractivity contribution in [1.82, 2.24) is 24.5 Å². The molecule has 4 heterocycles. The Kier molecular flexibility index (Phi) is 3.43. The zero-order chi connectivity index (χ0) is 17.0. The minimum atomic E-state index is 0.0879. The molecule has 132 valence electrons. The lowest BCUT2D eigenvalue weighted by molar-refractivity contribution is -0.134. The maximum atomic E-state index is 13.0. The van der Waals surface area contributed by atoms with E-state index in [-0.39, 0.29) is 5.92 Å². The van der Waals surface area contributed by atoms with Gasteiger partial charge in [0.15, 0.2) is 5.82 Å². The average molecular weight is 340 g/mol. The van der Waals surface area contributed by atoms with Crippen molar-refractivity contribution in [2.45, 2.75) is 32.6 Å². The number of likely N-dealkylation sites (tertiary alicyclic amines) is 1. The SMILES string of the molecule is Cc1nnc2c(N3CCC(C(=O)N4CC5CCCC5C4)C3)nccn12. The van der Waals surface area contributed by atoms with Crippen molar-refractivity contribution in [2.24, 2.45) is 17.8 Å². The van der Waals surface area contributed by atoms with E-state index < -0.39 is 0 Å². The van der Waals surface area contributed by atoms with E-state index in [0.717, 1.165) is 61.7 Å². The first-order valence-electron chi connectivity index (χ1n) is 9.41. The predicted octanol–water partition coefficient (Wildman–Crippen LogP) is 1.52. The molecule has 25 heavy (non-hydrogen) atoms. The number of hydrogen-bond acceptors (Lipinski definition) is 5. The molecule has 0 N–H and O–H groups in total. The van der Waals surface area contributed by atoms with Crippen LogP contribution < -0.4 is 4.90 Å². The molecule has 3 aliphatic rings. The minimum Gasteiger partial charge on any atom is -0.353 e. The lowest BCUT2D eigenvalue weighted by Crippen LogP contribution is -2.36. The second kappa shape index (κ2) is 5.68. The van der Waals surface area contributed by atoms with Gasteiger partial charge in [-0.15, -0.1) is 10.2 Å². The van der Waals surface area contributed by atoms with E-state index in [9.17, 15) is 4.79 Å². The van der Waals surface area contributed by atoms with Crippen molar-refractivity contribution in [3.05, 3.63) is 18.2 Å². The summed E-state index contributed by atoms with van der Waals surface area (Å²) in [6, 6.07) is 0. The second-order valence-electron chi connectivity index (χ2n) is 7.82. The number of aromatic nitrogens is 4. The molecule has 0 aromatic carbocycles. The van der Waals surface area contributed by atoms with Crippen LogP contribution in [0.5, 0.6) is 0 Å². The van der Waals surface area contributed by atoms with Gasteiger partial charge < -0.3 is 9.80 Å². The molecule has 1 amide bonds. The number of fused-ring (bicyclic) bond motifs is 2. The van der Waals surface area contributed by atoms with E-state index in [1.54, 1.807) is 6.20 Å². The van der Waals surface area contributed by atoms with Crippen LogP contribution in [0.15, 0.2) is 12.4 Å². The van der Waals surface area contributed by atoms with Crippen LogP contribution in [0, 0.1) is 24.7 Å². The Bertz CT molecular complexity index is 805. The van der Waals surface area contributed by atoms with Crippen LogP contribution in [0.4, 0.5) is 5.82 Å². The zero-order valence-corrected chi connectivity index (χ0v) is 14.6. The summed E-state index contributed by atoms with van der Waals surface area (Å²) in [5, 5.41) is 8.41. The van der Waals surface area contributed by atoms with Crippen molar-refractivity contribution >= 4 is 17.4 Å². The van der Waals surface area contributed by atoms with Gasteiger partial charge in [-0.1, -0.05) is 6.42 Å². The molecule has 0 bridgehead atoms. The van der Waals surface area contributed by atoms with Gasteiger partial charge in [0.2, 0.25) is 11.6 Å². The smallest absolute Gasteiger partial charge is 0.227 e. The van der Waals surface area contributed by atoms with Crippen LogP contribution in [0.25, 0.3) is 5.65 Å². The minimum absolute atomic E-state index is 0.0879. The molecule has 7 heteroatoms. The number of nitrogens with zero attached hydrogens (tertiary/aromatic N) is 6. The fraction of sp³-hybridized carbons (Fsp3) is 0.667. The number of rotatable bonds is 2. The molecule has 2 aromatic heterocycles. The predicted molar refractivity (Wildman–Crippen MR) is 93.3 cm³/mol. The highest BCUT2D eigenvalue weighted by Gasteiger charge is 2.41. The van der Waals surface area contributed by atoms with Gasteiger partial charge in [-0.2, -0.15) is 0 Å². The fourth-order valence-corrected chi connectivity index (χ4v) is 4.98. The Morgan fingerprint density at radius 3 is 2.72 bits per heavy atom. The Morgan fingerprint density at radius 1 is 1.12 bits per heavy atom. The zero-order valence-electron chi connectivity index (χ0n) is 14.6. The number of carbonyl (C=O) groups excluding carboxylic acids is 1. The van der Waals surface area contributed by atoms with Gasteiger partial charge in [0, 0.05) is 38.6 Å². The van der Waals surface area contributed by atoms with Crippen molar-refractivity contribution in [3.8, 4) is 0 Å². The van der Waals surface area contributed by atoms with Crippen LogP contribution in [-0.4, -0.2) is 56.6 Å². The normalized spacial score (nSPS) is 28.9. The molecule has 3 fully saturated rings. The molecule has 2 saturated heterocycles. The molecule has 0 radical (unpaired) electrons. The van der Waals surface area contributed by atoms with Crippen LogP contribution in [-0.2, 0) is 4.79 Å². The topological polar surface area (TPSA) is 66.6 Å². The molecule has 3 unspecified atom stereocenters. The highest BCUT2D eigenvalue weighted by molar-refractivity contribution is 5.81. The van der Waals surface area contributed by atoms with Crippen LogP contribution in [0.1, 0.15) is 31.5 Å². The summed E-state index contributed by atoms with van der Waals surface area (Å²) in [4.78, 5) is 21.8. The summed E-state index contributed by atoms with van der Waals surface area (Å²) in [6.07, 6.45) is 8.54. The van der Waals surface area contributed by atoms with E-state index in [1.165, 1.54) is 19.3 Å². The van der Waals surface area contributed by atoms with Crippen molar-refractivity contribution in [3.63, 3.8) is 0 Å². The summed E-state index contributed by atoms with van der Waals surface area (Å²) in [5.41, 5.74) is 0.781. The highest BCUT2D eigenvalue weighted by atomic mass is 16.2. The second-order valence-corrected chi connectivity index (χ2v) is 7.82. The highest BCUT2D eigenvalue weighted by Crippen LogP contribution is 2.38. The number of carbonyl (C=O) groups is 1. The fourth-order valence-electron chi connectivity index (χ4n) is 4.98. The van der Waals surface area contributed by atoms with E-state index in [0.29, 0.717) is 5.91 Å². The average Bonchev–Trinajstić information content (AvgIpc) is 3.37. The van der Waals surface area contributed by atoms with Crippen molar-refractivity contribution < 1.29 is 4.79 Å². The van der Waals surface area contributed by atoms with Gasteiger partial charge in [0.05, 0.1) is 5.92 Å². The molecule has 3 atom stereocenters. The molecule has 1 saturated carbocycles. The Labute approximate surface area is 147 Å². The molecule has 7 nitrogen and oxygen atoms in total. The summed E-state index contributed by atoms with van der Waals surface area (Å²) in [6.45, 7) is 5.50. The largest absolute Gasteiger partial charge is 0.353 e. The van der Waals surface area contributed by atoms with Gasteiger partial charge in [0.25, 0.3) is 0 Å². The van der Waals surface area contributed by atoms with E-state index >= 15 is 0 Å². The van der Waals surface area contributed by atoms with Crippen molar-refractivity contribution in [1.29, 1.82) is 0 Å². The van der Waals surface area contributed by atoms with Gasteiger partial charge in [0.1, 0.15) is 5.82 Å². The van der Waals surface area contributed by atoms with Gasteiger partial charge in [-0.3, -0.25) is 9.20 Å².